The highest BCUT2D eigenvalue weighted by atomic mass is 16.3. The number of rotatable bonds is 6. The van der Waals surface area contributed by atoms with Crippen molar-refractivity contribution in [3.8, 4) is 0 Å². The number of amides is 1. The summed E-state index contributed by atoms with van der Waals surface area (Å²) in [6.45, 7) is 0.767. The number of carbonyl (C=O) groups is 1. The molecule has 2 heterocycles. The Morgan fingerprint density at radius 2 is 2.25 bits per heavy atom. The van der Waals surface area contributed by atoms with Crippen molar-refractivity contribution in [3.05, 3.63) is 58.7 Å². The van der Waals surface area contributed by atoms with Gasteiger partial charge >= 0.3 is 0 Å². The predicted molar refractivity (Wildman–Crippen MR) is 90.5 cm³/mol. The van der Waals surface area contributed by atoms with Gasteiger partial charge in [0, 0.05) is 31.1 Å². The highest BCUT2D eigenvalue weighted by Gasteiger charge is 2.18. The molecule has 1 fully saturated rings. The molecule has 1 amide bonds. The molecule has 0 saturated heterocycles. The summed E-state index contributed by atoms with van der Waals surface area (Å²) in [6, 6.07) is 5.15. The molecule has 6 nitrogen and oxygen atoms in total. The van der Waals surface area contributed by atoms with Crippen molar-refractivity contribution in [1.82, 2.24) is 14.9 Å². The van der Waals surface area contributed by atoms with Crippen LogP contribution in [0.1, 0.15) is 43.1 Å². The Bertz CT molecular complexity index is 756. The van der Waals surface area contributed by atoms with Gasteiger partial charge in [-0.3, -0.25) is 14.2 Å². The van der Waals surface area contributed by atoms with Crippen LogP contribution in [-0.2, 0) is 11.3 Å². The molecule has 0 aromatic carbocycles. The lowest BCUT2D eigenvalue weighted by molar-refractivity contribution is -0.116. The molecular formula is C18H21N3O3. The first-order valence-electron chi connectivity index (χ1n) is 8.28. The molecule has 0 radical (unpaired) electrons. The largest absolute Gasteiger partial charge is 0.465 e. The summed E-state index contributed by atoms with van der Waals surface area (Å²) in [7, 11) is 0. The van der Waals surface area contributed by atoms with Crippen LogP contribution in [0.3, 0.4) is 0 Å². The number of furan rings is 1. The molecule has 126 valence electrons. The molecule has 0 aliphatic heterocycles. The molecule has 1 aliphatic rings. The normalized spacial score (nSPS) is 15.2. The number of carbonyl (C=O) groups excluding carboxylic acids is 1. The highest BCUT2D eigenvalue weighted by Crippen LogP contribution is 2.32. The maximum Gasteiger partial charge on any atom is 0.253 e. The molecule has 1 aliphatic carbocycles. The lowest BCUT2D eigenvalue weighted by Crippen LogP contribution is -2.30. The summed E-state index contributed by atoms with van der Waals surface area (Å²) in [5.74, 6) is 0.821. The van der Waals surface area contributed by atoms with E-state index in [2.05, 4.69) is 10.3 Å². The average molecular weight is 327 g/mol. The SMILES string of the molecule is O=C(/C=C/c1ccco1)NCCn1cnc(C2CCCC2)cc1=O. The van der Waals surface area contributed by atoms with Gasteiger partial charge in [0.2, 0.25) is 5.91 Å². The molecule has 24 heavy (non-hydrogen) atoms. The van der Waals surface area contributed by atoms with E-state index in [0.717, 1.165) is 18.5 Å². The molecule has 0 spiro atoms. The van der Waals surface area contributed by atoms with Gasteiger partial charge in [-0.15, -0.1) is 0 Å². The molecule has 6 heteroatoms. The van der Waals surface area contributed by atoms with Crippen molar-refractivity contribution in [2.75, 3.05) is 6.54 Å². The predicted octanol–water partition coefficient (Wildman–Crippen LogP) is 2.32. The van der Waals surface area contributed by atoms with E-state index < -0.39 is 0 Å². The molecule has 2 aromatic heterocycles. The zero-order valence-electron chi connectivity index (χ0n) is 13.5. The van der Waals surface area contributed by atoms with Crippen molar-refractivity contribution in [2.24, 2.45) is 0 Å². The van der Waals surface area contributed by atoms with Crippen LogP contribution in [0, 0.1) is 0 Å². The third-order valence-corrected chi connectivity index (χ3v) is 4.27. The van der Waals surface area contributed by atoms with Crippen LogP contribution in [-0.4, -0.2) is 22.0 Å². The average Bonchev–Trinajstić information content (AvgIpc) is 3.28. The summed E-state index contributed by atoms with van der Waals surface area (Å²) >= 11 is 0. The Morgan fingerprint density at radius 1 is 1.42 bits per heavy atom. The maximum absolute atomic E-state index is 12.1. The summed E-state index contributed by atoms with van der Waals surface area (Å²) in [4.78, 5) is 28.2. The van der Waals surface area contributed by atoms with Gasteiger partial charge in [-0.05, 0) is 31.1 Å². The maximum atomic E-state index is 12.1. The van der Waals surface area contributed by atoms with Crippen LogP contribution < -0.4 is 10.9 Å². The fraction of sp³-hybridized carbons (Fsp3) is 0.389. The second kappa shape index (κ2) is 7.77. The van der Waals surface area contributed by atoms with Gasteiger partial charge in [-0.25, -0.2) is 4.98 Å². The quantitative estimate of drug-likeness (QED) is 0.826. The smallest absolute Gasteiger partial charge is 0.253 e. The van der Waals surface area contributed by atoms with Crippen LogP contribution in [0.4, 0.5) is 0 Å². The Balaban J connectivity index is 1.49. The molecule has 0 atom stereocenters. The van der Waals surface area contributed by atoms with Gasteiger partial charge in [-0.1, -0.05) is 12.8 Å². The van der Waals surface area contributed by atoms with Crippen LogP contribution >= 0.6 is 0 Å². The molecule has 2 aromatic rings. The molecule has 1 saturated carbocycles. The van der Waals surface area contributed by atoms with Crippen LogP contribution in [0.25, 0.3) is 6.08 Å². The standard InChI is InChI=1S/C18H21N3O3/c22-17(8-7-15-6-3-11-24-15)19-9-10-21-13-20-16(12-18(21)23)14-4-1-2-5-14/h3,6-8,11-14H,1-2,4-5,9-10H2,(H,19,22)/b8-7+. The number of aromatic nitrogens is 2. The minimum atomic E-state index is -0.227. The van der Waals surface area contributed by atoms with Crippen molar-refractivity contribution in [2.45, 2.75) is 38.1 Å². The van der Waals surface area contributed by atoms with E-state index in [1.807, 2.05) is 0 Å². The van der Waals surface area contributed by atoms with Crippen LogP contribution in [0.15, 0.2) is 46.1 Å². The lowest BCUT2D eigenvalue weighted by atomic mass is 10.0. The Morgan fingerprint density at radius 3 is 2.96 bits per heavy atom. The van der Waals surface area contributed by atoms with Gasteiger partial charge in [0.25, 0.3) is 5.56 Å². The van der Waals surface area contributed by atoms with E-state index in [1.54, 1.807) is 36.9 Å². The van der Waals surface area contributed by atoms with Gasteiger partial charge in [0.1, 0.15) is 5.76 Å². The highest BCUT2D eigenvalue weighted by molar-refractivity contribution is 5.91. The zero-order valence-corrected chi connectivity index (χ0v) is 13.5. The minimum absolute atomic E-state index is 0.0627. The molecule has 0 bridgehead atoms. The minimum Gasteiger partial charge on any atom is -0.465 e. The third-order valence-electron chi connectivity index (χ3n) is 4.27. The fourth-order valence-electron chi connectivity index (χ4n) is 2.96. The van der Waals surface area contributed by atoms with Crippen LogP contribution in [0.2, 0.25) is 0 Å². The number of nitrogens with zero attached hydrogens (tertiary/aromatic N) is 2. The van der Waals surface area contributed by atoms with E-state index >= 15 is 0 Å². The van der Waals surface area contributed by atoms with E-state index in [9.17, 15) is 9.59 Å². The summed E-state index contributed by atoms with van der Waals surface area (Å²) in [5.41, 5.74) is 0.839. The second-order valence-electron chi connectivity index (χ2n) is 5.97. The second-order valence-corrected chi connectivity index (χ2v) is 5.97. The monoisotopic (exact) mass is 327 g/mol. The van der Waals surface area contributed by atoms with Crippen molar-refractivity contribution < 1.29 is 9.21 Å². The first kappa shape index (κ1) is 16.2. The van der Waals surface area contributed by atoms with Gasteiger partial charge < -0.3 is 9.73 Å². The molecule has 1 N–H and O–H groups in total. The first-order valence-corrected chi connectivity index (χ1v) is 8.28. The third kappa shape index (κ3) is 4.22. The van der Waals surface area contributed by atoms with E-state index in [1.165, 1.54) is 23.5 Å². The van der Waals surface area contributed by atoms with Crippen molar-refractivity contribution >= 4 is 12.0 Å². The van der Waals surface area contributed by atoms with Crippen molar-refractivity contribution in [1.29, 1.82) is 0 Å². The Labute approximate surface area is 140 Å². The number of nitrogens with one attached hydrogen (secondary N) is 1. The molecular weight excluding hydrogens is 306 g/mol. The number of hydrogen-bond donors (Lipinski definition) is 1. The number of hydrogen-bond acceptors (Lipinski definition) is 4. The van der Waals surface area contributed by atoms with E-state index in [4.69, 9.17) is 4.42 Å². The lowest BCUT2D eigenvalue weighted by Gasteiger charge is -2.10. The topological polar surface area (TPSA) is 77.1 Å². The van der Waals surface area contributed by atoms with Gasteiger partial charge in [-0.2, -0.15) is 0 Å². The van der Waals surface area contributed by atoms with Gasteiger partial charge in [0.05, 0.1) is 18.3 Å². The summed E-state index contributed by atoms with van der Waals surface area (Å²) in [5, 5.41) is 2.74. The first-order chi connectivity index (χ1) is 11.7. The summed E-state index contributed by atoms with van der Waals surface area (Å²) < 4.78 is 6.63. The Hall–Kier alpha value is -2.63. The van der Waals surface area contributed by atoms with Gasteiger partial charge in [0.15, 0.2) is 0 Å². The van der Waals surface area contributed by atoms with Crippen LogP contribution in [0.5, 0.6) is 0 Å². The fourth-order valence-corrected chi connectivity index (χ4v) is 2.96. The Kier molecular flexibility index (Phi) is 5.25. The van der Waals surface area contributed by atoms with Crippen molar-refractivity contribution in [3.63, 3.8) is 0 Å². The molecule has 0 unspecified atom stereocenters. The molecule has 3 rings (SSSR count). The summed E-state index contributed by atoms with van der Waals surface area (Å²) in [6.07, 6.45) is 10.8. The van der Waals surface area contributed by atoms with E-state index in [-0.39, 0.29) is 11.5 Å². The van der Waals surface area contributed by atoms with E-state index in [0.29, 0.717) is 24.8 Å². The zero-order chi connectivity index (χ0) is 16.8.